The van der Waals surface area contributed by atoms with Crippen molar-refractivity contribution in [3.8, 4) is 5.69 Å². The number of carbonyl (C=O) groups excluding carboxylic acids is 1. The van der Waals surface area contributed by atoms with Crippen molar-refractivity contribution < 1.29 is 4.79 Å². The maximum absolute atomic E-state index is 13.7. The molecule has 0 fully saturated rings. The van der Waals surface area contributed by atoms with E-state index in [2.05, 4.69) is 19.2 Å². The lowest BCUT2D eigenvalue weighted by atomic mass is 10.1. The van der Waals surface area contributed by atoms with E-state index in [0.29, 0.717) is 36.2 Å². The average molecular weight is 449 g/mol. The van der Waals surface area contributed by atoms with Crippen LogP contribution in [0.1, 0.15) is 70.8 Å². The summed E-state index contributed by atoms with van der Waals surface area (Å²) in [7, 11) is 0. The monoisotopic (exact) mass is 448 g/mol. The molecule has 1 unspecified atom stereocenters. The largest absolute Gasteiger partial charge is 0.338 e. The van der Waals surface area contributed by atoms with Crippen LogP contribution in [0.2, 0.25) is 0 Å². The van der Waals surface area contributed by atoms with E-state index in [0.717, 1.165) is 31.4 Å². The molecule has 0 aliphatic carbocycles. The minimum atomic E-state index is -0.323. The van der Waals surface area contributed by atoms with Crippen LogP contribution in [0.15, 0.2) is 53.3 Å². The first-order valence-electron chi connectivity index (χ1n) is 12.2. The predicted octanol–water partition coefficient (Wildman–Crippen LogP) is 5.62. The van der Waals surface area contributed by atoms with Crippen LogP contribution in [0.25, 0.3) is 16.6 Å². The van der Waals surface area contributed by atoms with Gasteiger partial charge in [0.05, 0.1) is 22.6 Å². The minimum Gasteiger partial charge on any atom is -0.338 e. The van der Waals surface area contributed by atoms with Gasteiger partial charge < -0.3 is 10.2 Å². The lowest BCUT2D eigenvalue weighted by molar-refractivity contribution is 0.167. The lowest BCUT2D eigenvalue weighted by Gasteiger charge is -2.32. The maximum atomic E-state index is 13.7. The molecule has 2 aromatic carbocycles. The van der Waals surface area contributed by atoms with Crippen molar-refractivity contribution in [1.82, 2.24) is 19.8 Å². The maximum Gasteiger partial charge on any atom is 0.318 e. The van der Waals surface area contributed by atoms with Gasteiger partial charge in [0, 0.05) is 13.1 Å². The second kappa shape index (κ2) is 11.6. The first-order chi connectivity index (χ1) is 16.0. The van der Waals surface area contributed by atoms with E-state index >= 15 is 0 Å². The number of rotatable bonds is 10. The molecule has 1 N–H and O–H groups in total. The molecule has 176 valence electrons. The van der Waals surface area contributed by atoms with Gasteiger partial charge in [-0.25, -0.2) is 9.78 Å². The van der Waals surface area contributed by atoms with Crippen molar-refractivity contribution in [3.05, 3.63) is 70.3 Å². The Morgan fingerprint density at radius 3 is 2.39 bits per heavy atom. The number of benzene rings is 2. The van der Waals surface area contributed by atoms with E-state index in [9.17, 15) is 9.59 Å². The number of unbranched alkanes of at least 4 members (excludes halogenated alkanes) is 2. The van der Waals surface area contributed by atoms with Crippen molar-refractivity contribution in [2.75, 3.05) is 13.1 Å². The van der Waals surface area contributed by atoms with Crippen molar-refractivity contribution in [1.29, 1.82) is 0 Å². The molecule has 6 nitrogen and oxygen atoms in total. The Labute approximate surface area is 196 Å². The number of aryl methyl sites for hydroxylation is 1. The molecule has 0 aliphatic rings. The predicted molar refractivity (Wildman–Crippen MR) is 135 cm³/mol. The van der Waals surface area contributed by atoms with E-state index in [4.69, 9.17) is 4.98 Å². The quantitative estimate of drug-likeness (QED) is 0.409. The third-order valence-electron chi connectivity index (χ3n) is 6.06. The molecule has 0 spiro atoms. The highest BCUT2D eigenvalue weighted by Crippen LogP contribution is 2.27. The minimum absolute atomic E-state index is 0.109. The zero-order valence-electron chi connectivity index (χ0n) is 20.3. The first-order valence-corrected chi connectivity index (χ1v) is 12.2. The number of amides is 2. The van der Waals surface area contributed by atoms with Crippen molar-refractivity contribution in [3.63, 3.8) is 0 Å². The van der Waals surface area contributed by atoms with Crippen LogP contribution in [0.4, 0.5) is 4.79 Å². The molecule has 1 atom stereocenters. The highest BCUT2D eigenvalue weighted by atomic mass is 16.2. The van der Waals surface area contributed by atoms with E-state index in [1.54, 1.807) is 4.57 Å². The third kappa shape index (κ3) is 5.44. The second-order valence-corrected chi connectivity index (χ2v) is 8.31. The number of para-hydroxylation sites is 1. The van der Waals surface area contributed by atoms with Crippen LogP contribution in [0.5, 0.6) is 0 Å². The fourth-order valence-corrected chi connectivity index (χ4v) is 4.23. The summed E-state index contributed by atoms with van der Waals surface area (Å²) in [5.74, 6) is 0.605. The van der Waals surface area contributed by atoms with E-state index in [1.807, 2.05) is 67.3 Å². The number of nitrogens with zero attached hydrogens (tertiary/aromatic N) is 3. The number of fused-ring (bicyclic) bond motifs is 1. The lowest BCUT2D eigenvalue weighted by Crippen LogP contribution is -2.44. The molecule has 3 aromatic rings. The number of urea groups is 1. The van der Waals surface area contributed by atoms with E-state index in [-0.39, 0.29) is 17.6 Å². The molecule has 0 bridgehead atoms. The molecule has 0 saturated carbocycles. The Morgan fingerprint density at radius 1 is 1.03 bits per heavy atom. The average Bonchev–Trinajstić information content (AvgIpc) is 2.84. The SMILES string of the molecule is CCCCCN(C(=O)NCC)C(CC)c1nc2ccccc2c(=O)n1-c1ccc(CC)cc1. The van der Waals surface area contributed by atoms with Crippen LogP contribution in [0, 0.1) is 0 Å². The van der Waals surface area contributed by atoms with Gasteiger partial charge >= 0.3 is 6.03 Å². The molecule has 33 heavy (non-hydrogen) atoms. The summed E-state index contributed by atoms with van der Waals surface area (Å²) in [4.78, 5) is 33.6. The van der Waals surface area contributed by atoms with Crippen LogP contribution in [-0.4, -0.2) is 33.6 Å². The molecule has 0 radical (unpaired) electrons. The smallest absolute Gasteiger partial charge is 0.318 e. The van der Waals surface area contributed by atoms with Gasteiger partial charge in [-0.05, 0) is 56.0 Å². The number of nitrogens with one attached hydrogen (secondary N) is 1. The van der Waals surface area contributed by atoms with E-state index < -0.39 is 0 Å². The highest BCUT2D eigenvalue weighted by Gasteiger charge is 2.28. The third-order valence-corrected chi connectivity index (χ3v) is 6.06. The number of carbonyl (C=O) groups is 1. The van der Waals surface area contributed by atoms with Gasteiger partial charge in [-0.1, -0.05) is 57.9 Å². The van der Waals surface area contributed by atoms with Crippen LogP contribution < -0.4 is 10.9 Å². The van der Waals surface area contributed by atoms with Gasteiger partial charge in [0.2, 0.25) is 0 Å². The van der Waals surface area contributed by atoms with Crippen molar-refractivity contribution >= 4 is 16.9 Å². The normalized spacial score (nSPS) is 12.0. The molecule has 3 rings (SSSR count). The number of aromatic nitrogens is 2. The molecular weight excluding hydrogens is 412 g/mol. The van der Waals surface area contributed by atoms with Gasteiger partial charge in [-0.3, -0.25) is 9.36 Å². The zero-order valence-corrected chi connectivity index (χ0v) is 20.3. The van der Waals surface area contributed by atoms with Gasteiger partial charge in [-0.2, -0.15) is 0 Å². The fourth-order valence-electron chi connectivity index (χ4n) is 4.23. The zero-order chi connectivity index (χ0) is 23.8. The van der Waals surface area contributed by atoms with Gasteiger partial charge in [0.15, 0.2) is 0 Å². The number of hydrogen-bond donors (Lipinski definition) is 1. The van der Waals surface area contributed by atoms with Crippen molar-refractivity contribution in [2.24, 2.45) is 0 Å². The van der Waals surface area contributed by atoms with Crippen molar-refractivity contribution in [2.45, 2.75) is 65.8 Å². The summed E-state index contributed by atoms with van der Waals surface area (Å²) in [6, 6.07) is 15.0. The Kier molecular flexibility index (Phi) is 8.64. The Morgan fingerprint density at radius 2 is 1.76 bits per heavy atom. The van der Waals surface area contributed by atoms with Gasteiger partial charge in [0.1, 0.15) is 5.82 Å². The fraction of sp³-hybridized carbons (Fsp3) is 0.444. The summed E-state index contributed by atoms with van der Waals surface area (Å²) in [6.07, 6.45) is 4.61. The summed E-state index contributed by atoms with van der Waals surface area (Å²) in [6.45, 7) is 9.39. The second-order valence-electron chi connectivity index (χ2n) is 8.31. The molecule has 0 aliphatic heterocycles. The van der Waals surface area contributed by atoms with Crippen LogP contribution in [0.3, 0.4) is 0 Å². The molecule has 1 aromatic heterocycles. The summed E-state index contributed by atoms with van der Waals surface area (Å²) in [5.41, 5.74) is 2.52. The first kappa shape index (κ1) is 24.5. The number of hydrogen-bond acceptors (Lipinski definition) is 3. The van der Waals surface area contributed by atoms with E-state index in [1.165, 1.54) is 5.56 Å². The topological polar surface area (TPSA) is 67.2 Å². The highest BCUT2D eigenvalue weighted by molar-refractivity contribution is 5.78. The van der Waals surface area contributed by atoms with Gasteiger partial charge in [0.25, 0.3) is 5.56 Å². The molecule has 1 heterocycles. The Balaban J connectivity index is 2.22. The Bertz CT molecular complexity index is 1120. The molecule has 0 saturated heterocycles. The van der Waals surface area contributed by atoms with Crippen LogP contribution in [-0.2, 0) is 6.42 Å². The molecular formula is C27H36N4O2. The molecule has 6 heteroatoms. The standard InChI is InChI=1S/C27H36N4O2/c1-5-9-12-19-30(27(33)28-8-4)24(7-3)25-29-23-14-11-10-13-22(23)26(32)31(25)21-17-15-20(6-2)16-18-21/h10-11,13-18,24H,5-9,12,19H2,1-4H3,(H,28,33). The van der Waals surface area contributed by atoms with Crippen LogP contribution >= 0.6 is 0 Å². The van der Waals surface area contributed by atoms with Gasteiger partial charge in [-0.15, -0.1) is 0 Å². The summed E-state index contributed by atoms with van der Waals surface area (Å²) < 4.78 is 1.70. The molecule has 2 amide bonds. The Hall–Kier alpha value is -3.15. The summed E-state index contributed by atoms with van der Waals surface area (Å²) >= 11 is 0. The summed E-state index contributed by atoms with van der Waals surface area (Å²) in [5, 5.41) is 3.53.